The van der Waals surface area contributed by atoms with Gasteiger partial charge in [0.1, 0.15) is 0 Å². The van der Waals surface area contributed by atoms with Crippen LogP contribution in [0.25, 0.3) is 0 Å². The van der Waals surface area contributed by atoms with E-state index in [4.69, 9.17) is 4.74 Å². The van der Waals surface area contributed by atoms with Crippen LogP contribution < -0.4 is 0 Å². The molecular weight excluding hydrogens is 289 g/mol. The molecule has 0 spiro atoms. The highest BCUT2D eigenvalue weighted by atomic mass is 32.1. The maximum absolute atomic E-state index is 13.3. The molecule has 2 rings (SSSR count). The molecule has 0 saturated heterocycles. The van der Waals surface area contributed by atoms with E-state index in [1.54, 1.807) is 30.3 Å². The number of carbonyl (C=O) groups is 1. The van der Waals surface area contributed by atoms with Crippen molar-refractivity contribution in [1.82, 2.24) is 0 Å². The average molecular weight is 300 g/mol. The highest BCUT2D eigenvalue weighted by molar-refractivity contribution is 7.10. The van der Waals surface area contributed by atoms with Crippen molar-refractivity contribution in [3.8, 4) is 0 Å². The lowest BCUT2D eigenvalue weighted by Gasteiger charge is -2.29. The molecule has 2 nitrogen and oxygen atoms in total. The first-order valence-corrected chi connectivity index (χ1v) is 6.62. The molecule has 0 aliphatic rings. The summed E-state index contributed by atoms with van der Waals surface area (Å²) in [6.45, 7) is -0.295. The van der Waals surface area contributed by atoms with Crippen molar-refractivity contribution in [3.05, 3.63) is 58.3 Å². The Morgan fingerprint density at radius 3 is 2.30 bits per heavy atom. The first-order chi connectivity index (χ1) is 9.49. The number of hydrogen-bond donors (Lipinski definition) is 0. The summed E-state index contributed by atoms with van der Waals surface area (Å²) in [7, 11) is 0. The summed E-state index contributed by atoms with van der Waals surface area (Å²) < 4.78 is 44.9. The third-order valence-electron chi connectivity index (χ3n) is 2.78. The molecule has 0 bridgehead atoms. The Hall–Kier alpha value is -1.66. The van der Waals surface area contributed by atoms with Crippen molar-refractivity contribution >= 4 is 17.6 Å². The van der Waals surface area contributed by atoms with Gasteiger partial charge in [-0.3, -0.25) is 4.79 Å². The van der Waals surface area contributed by atoms with Crippen LogP contribution in [0.2, 0.25) is 0 Å². The zero-order valence-corrected chi connectivity index (χ0v) is 11.1. The fourth-order valence-corrected chi connectivity index (χ4v) is 2.57. The summed E-state index contributed by atoms with van der Waals surface area (Å²) in [5.41, 5.74) is -2.34. The fourth-order valence-electron chi connectivity index (χ4n) is 1.71. The van der Waals surface area contributed by atoms with Gasteiger partial charge in [0.25, 0.3) is 5.60 Å². The van der Waals surface area contributed by atoms with Gasteiger partial charge in [-0.15, -0.1) is 11.3 Å². The maximum atomic E-state index is 13.3. The van der Waals surface area contributed by atoms with Crippen molar-refractivity contribution in [2.24, 2.45) is 0 Å². The van der Waals surface area contributed by atoms with E-state index in [1.807, 2.05) is 0 Å². The summed E-state index contributed by atoms with van der Waals surface area (Å²) in [5.74, 6) is 0. The summed E-state index contributed by atoms with van der Waals surface area (Å²) in [6, 6.07) is 11.1. The van der Waals surface area contributed by atoms with E-state index in [-0.39, 0.29) is 17.8 Å². The number of halogens is 3. The number of hydrogen-bond acceptors (Lipinski definition) is 3. The van der Waals surface area contributed by atoms with E-state index in [2.05, 4.69) is 0 Å². The predicted octanol–water partition coefficient (Wildman–Crippen LogP) is 3.92. The molecule has 0 amide bonds. The predicted molar refractivity (Wildman–Crippen MR) is 69.3 cm³/mol. The minimum atomic E-state index is -4.81. The lowest BCUT2D eigenvalue weighted by molar-refractivity contribution is -0.268. The van der Waals surface area contributed by atoms with E-state index in [9.17, 15) is 18.0 Å². The standard InChI is InChI=1S/C14H11F3O2S/c15-14(16,17)13(10-18,12-7-4-8-20-12)19-9-11-5-2-1-3-6-11/h1-8,10H,9H2/t13-/m1/s1. The minimum absolute atomic E-state index is 0.170. The Morgan fingerprint density at radius 1 is 1.10 bits per heavy atom. The smallest absolute Gasteiger partial charge is 0.349 e. The van der Waals surface area contributed by atoms with Crippen molar-refractivity contribution in [3.63, 3.8) is 0 Å². The van der Waals surface area contributed by atoms with Crippen molar-refractivity contribution in [2.45, 2.75) is 18.4 Å². The molecule has 0 unspecified atom stereocenters. The van der Waals surface area contributed by atoms with Crippen LogP contribution in [0.4, 0.5) is 13.2 Å². The number of thiophene rings is 1. The van der Waals surface area contributed by atoms with Gasteiger partial charge in [0.15, 0.2) is 6.29 Å². The van der Waals surface area contributed by atoms with Gasteiger partial charge >= 0.3 is 6.18 Å². The molecule has 1 aromatic heterocycles. The van der Waals surface area contributed by atoms with E-state index in [1.165, 1.54) is 17.5 Å². The summed E-state index contributed by atoms with van der Waals surface area (Å²) in [6.07, 6.45) is -4.99. The molecule has 1 aromatic carbocycles. The van der Waals surface area contributed by atoms with Crippen LogP contribution in [-0.2, 0) is 21.7 Å². The molecule has 0 saturated carbocycles. The molecule has 1 heterocycles. The Bertz CT molecular complexity index is 552. The Balaban J connectivity index is 2.30. The number of aldehydes is 1. The number of ether oxygens (including phenoxy) is 1. The molecule has 20 heavy (non-hydrogen) atoms. The van der Waals surface area contributed by atoms with E-state index >= 15 is 0 Å². The molecule has 0 fully saturated rings. The van der Waals surface area contributed by atoms with Gasteiger partial charge in [0.05, 0.1) is 11.5 Å². The highest BCUT2D eigenvalue weighted by Crippen LogP contribution is 2.43. The zero-order chi connectivity index (χ0) is 14.6. The van der Waals surface area contributed by atoms with Gasteiger partial charge in [0.2, 0.25) is 0 Å². The molecule has 0 N–H and O–H groups in total. The molecule has 1 atom stereocenters. The van der Waals surface area contributed by atoms with Crippen LogP contribution in [0.15, 0.2) is 47.8 Å². The minimum Gasteiger partial charge on any atom is -0.349 e. The first-order valence-electron chi connectivity index (χ1n) is 5.74. The lowest BCUT2D eigenvalue weighted by Crippen LogP contribution is -2.45. The molecule has 0 radical (unpaired) electrons. The van der Waals surface area contributed by atoms with Crippen LogP contribution in [0, 0.1) is 0 Å². The largest absolute Gasteiger partial charge is 0.429 e. The molecule has 106 valence electrons. The zero-order valence-electron chi connectivity index (χ0n) is 10.3. The van der Waals surface area contributed by atoms with Crippen LogP contribution in [0.3, 0.4) is 0 Å². The quantitative estimate of drug-likeness (QED) is 0.782. The normalized spacial score (nSPS) is 14.8. The first kappa shape index (κ1) is 14.7. The lowest BCUT2D eigenvalue weighted by atomic mass is 10.0. The molecule has 0 aliphatic carbocycles. The Labute approximate surface area is 117 Å². The number of benzene rings is 1. The van der Waals surface area contributed by atoms with Crippen molar-refractivity contribution in [2.75, 3.05) is 0 Å². The van der Waals surface area contributed by atoms with E-state index in [0.29, 0.717) is 5.56 Å². The summed E-state index contributed by atoms with van der Waals surface area (Å²) in [5, 5.41) is 1.48. The average Bonchev–Trinajstić information content (AvgIpc) is 2.94. The second kappa shape index (κ2) is 5.76. The monoisotopic (exact) mass is 300 g/mol. The molecule has 2 aromatic rings. The maximum Gasteiger partial charge on any atom is 0.429 e. The van der Waals surface area contributed by atoms with Crippen molar-refractivity contribution < 1.29 is 22.7 Å². The molecule has 6 heteroatoms. The third-order valence-corrected chi connectivity index (χ3v) is 3.77. The van der Waals surface area contributed by atoms with Gasteiger partial charge in [-0.05, 0) is 17.0 Å². The second-order valence-corrected chi connectivity index (χ2v) is 5.05. The number of carbonyl (C=O) groups excluding carboxylic acids is 1. The Morgan fingerprint density at radius 2 is 1.80 bits per heavy atom. The van der Waals surface area contributed by atoms with Gasteiger partial charge in [-0.2, -0.15) is 13.2 Å². The molecular formula is C14H11F3O2S. The SMILES string of the molecule is O=C[C@@](OCc1ccccc1)(c1cccs1)C(F)(F)F. The summed E-state index contributed by atoms with van der Waals surface area (Å²) in [4.78, 5) is 11.0. The van der Waals surface area contributed by atoms with Gasteiger partial charge in [-0.25, -0.2) is 0 Å². The number of rotatable bonds is 5. The van der Waals surface area contributed by atoms with Gasteiger partial charge in [-0.1, -0.05) is 36.4 Å². The number of alkyl halides is 3. The van der Waals surface area contributed by atoms with Crippen LogP contribution >= 0.6 is 11.3 Å². The molecule has 0 aliphatic heterocycles. The highest BCUT2D eigenvalue weighted by Gasteiger charge is 2.58. The van der Waals surface area contributed by atoms with E-state index < -0.39 is 11.8 Å². The van der Waals surface area contributed by atoms with Gasteiger partial charge in [0, 0.05) is 0 Å². The van der Waals surface area contributed by atoms with Crippen molar-refractivity contribution in [1.29, 1.82) is 0 Å². The fraction of sp³-hybridized carbons (Fsp3) is 0.214. The topological polar surface area (TPSA) is 26.3 Å². The van der Waals surface area contributed by atoms with Crippen LogP contribution in [0.1, 0.15) is 10.4 Å². The third kappa shape index (κ3) is 2.76. The van der Waals surface area contributed by atoms with E-state index in [0.717, 1.165) is 11.3 Å². The van der Waals surface area contributed by atoms with Crippen LogP contribution in [-0.4, -0.2) is 12.5 Å². The Kier molecular flexibility index (Phi) is 4.25. The van der Waals surface area contributed by atoms with Crippen LogP contribution in [0.5, 0.6) is 0 Å². The van der Waals surface area contributed by atoms with Gasteiger partial charge < -0.3 is 4.74 Å². The second-order valence-electron chi connectivity index (χ2n) is 4.10. The summed E-state index contributed by atoms with van der Waals surface area (Å²) >= 11 is 0.840.